The maximum atomic E-state index is 12.7. The van der Waals surface area contributed by atoms with Gasteiger partial charge in [0.25, 0.3) is 11.8 Å². The summed E-state index contributed by atoms with van der Waals surface area (Å²) >= 11 is 12.8. The van der Waals surface area contributed by atoms with Crippen LogP contribution in [0.2, 0.25) is 10.0 Å². The van der Waals surface area contributed by atoms with Gasteiger partial charge in [0.05, 0.1) is 22.0 Å². The number of amides is 3. The van der Waals surface area contributed by atoms with Gasteiger partial charge in [-0.05, 0) is 48.9 Å². The van der Waals surface area contributed by atoms with E-state index in [4.69, 9.17) is 23.2 Å². The zero-order valence-corrected chi connectivity index (χ0v) is 21.2. The quantitative estimate of drug-likeness (QED) is 0.211. The van der Waals surface area contributed by atoms with Crippen molar-refractivity contribution in [2.45, 2.75) is 25.6 Å². The van der Waals surface area contributed by atoms with E-state index in [-0.39, 0.29) is 36.3 Å². The van der Waals surface area contributed by atoms with Crippen LogP contribution in [-0.4, -0.2) is 29.3 Å². The SMILES string of the molecule is O=C(CCCNc1ncc(C(F)(F)F)cc1Cl)NNC(=O)c1ccc(CNC(=O)c2ccc(Cl)cc2)s1. The molecule has 1 aromatic carbocycles. The number of hydrogen-bond donors (Lipinski definition) is 4. The fourth-order valence-corrected chi connectivity index (χ4v) is 4.10. The van der Waals surface area contributed by atoms with Gasteiger partial charge in [0, 0.05) is 34.6 Å². The van der Waals surface area contributed by atoms with E-state index in [1.807, 2.05) is 0 Å². The van der Waals surface area contributed by atoms with Crippen LogP contribution in [0.3, 0.4) is 0 Å². The van der Waals surface area contributed by atoms with Gasteiger partial charge in [0.15, 0.2) is 0 Å². The Morgan fingerprint density at radius 2 is 1.70 bits per heavy atom. The lowest BCUT2D eigenvalue weighted by Gasteiger charge is -2.11. The number of hydrogen-bond acceptors (Lipinski definition) is 6. The van der Waals surface area contributed by atoms with Crippen molar-refractivity contribution in [1.29, 1.82) is 0 Å². The van der Waals surface area contributed by atoms with Crippen molar-refractivity contribution in [1.82, 2.24) is 21.2 Å². The standard InChI is InChI=1S/C23H20Cl2F3N5O3S/c24-15-5-3-13(4-6-15)21(35)31-12-16-7-8-18(37-16)22(36)33-32-19(34)2-1-9-29-20-17(25)10-14(11-30-20)23(26,27)28/h3-8,10-11H,1-2,9,12H2,(H,29,30)(H,31,35)(H,32,34)(H,33,36). The summed E-state index contributed by atoms with van der Waals surface area (Å²) in [5.41, 5.74) is 4.10. The first-order valence-corrected chi connectivity index (χ1v) is 12.3. The second-order valence-electron chi connectivity index (χ2n) is 7.54. The molecule has 0 bridgehead atoms. The number of benzene rings is 1. The minimum absolute atomic E-state index is 0.0257. The largest absolute Gasteiger partial charge is 0.417 e. The highest BCUT2D eigenvalue weighted by Gasteiger charge is 2.31. The van der Waals surface area contributed by atoms with Crippen molar-refractivity contribution in [3.63, 3.8) is 0 Å². The second-order valence-corrected chi connectivity index (χ2v) is 9.55. The number of rotatable bonds is 9. The third-order valence-corrected chi connectivity index (χ3v) is 6.40. The molecule has 2 aromatic heterocycles. The van der Waals surface area contributed by atoms with Gasteiger partial charge in [0.2, 0.25) is 5.91 Å². The molecule has 0 radical (unpaired) electrons. The highest BCUT2D eigenvalue weighted by Crippen LogP contribution is 2.32. The van der Waals surface area contributed by atoms with Crippen LogP contribution in [-0.2, 0) is 17.5 Å². The molecular formula is C23H20Cl2F3N5O3S. The summed E-state index contributed by atoms with van der Waals surface area (Å²) in [4.78, 5) is 41.1. The molecule has 196 valence electrons. The van der Waals surface area contributed by atoms with Crippen molar-refractivity contribution >= 4 is 58.1 Å². The number of carbonyl (C=O) groups excluding carboxylic acids is 3. The normalized spacial score (nSPS) is 11.1. The molecular weight excluding hydrogens is 554 g/mol. The van der Waals surface area contributed by atoms with Gasteiger partial charge in [-0.1, -0.05) is 23.2 Å². The van der Waals surface area contributed by atoms with E-state index >= 15 is 0 Å². The van der Waals surface area contributed by atoms with Crippen LogP contribution in [0, 0.1) is 0 Å². The summed E-state index contributed by atoms with van der Waals surface area (Å²) in [5.74, 6) is -1.20. The number of alkyl halides is 3. The topological polar surface area (TPSA) is 112 Å². The molecule has 2 heterocycles. The number of nitrogens with one attached hydrogen (secondary N) is 4. The number of hydrazine groups is 1. The molecule has 4 N–H and O–H groups in total. The van der Waals surface area contributed by atoms with E-state index in [0.29, 0.717) is 28.1 Å². The van der Waals surface area contributed by atoms with E-state index in [0.717, 1.165) is 22.3 Å². The average Bonchev–Trinajstić information content (AvgIpc) is 3.33. The molecule has 0 aliphatic heterocycles. The second kappa shape index (κ2) is 12.7. The number of aromatic nitrogens is 1. The van der Waals surface area contributed by atoms with Crippen LogP contribution in [0.1, 0.15) is 43.3 Å². The Kier molecular flexibility index (Phi) is 9.73. The molecule has 0 saturated carbocycles. The molecule has 8 nitrogen and oxygen atoms in total. The van der Waals surface area contributed by atoms with Crippen LogP contribution >= 0.6 is 34.5 Å². The number of anilines is 1. The number of pyridine rings is 1. The lowest BCUT2D eigenvalue weighted by molar-refractivity contribution is -0.137. The fourth-order valence-electron chi connectivity index (χ4n) is 2.90. The van der Waals surface area contributed by atoms with Gasteiger partial charge in [-0.3, -0.25) is 25.2 Å². The van der Waals surface area contributed by atoms with E-state index in [9.17, 15) is 27.6 Å². The first kappa shape index (κ1) is 28.2. The van der Waals surface area contributed by atoms with Crippen LogP contribution in [0.4, 0.5) is 19.0 Å². The fraction of sp³-hybridized carbons (Fsp3) is 0.217. The number of nitrogens with zero attached hydrogens (tertiary/aromatic N) is 1. The lowest BCUT2D eigenvalue weighted by Crippen LogP contribution is -2.41. The van der Waals surface area contributed by atoms with E-state index in [1.54, 1.807) is 36.4 Å². The molecule has 0 fully saturated rings. The van der Waals surface area contributed by atoms with Gasteiger partial charge < -0.3 is 10.6 Å². The zero-order valence-electron chi connectivity index (χ0n) is 18.9. The Bertz CT molecular complexity index is 1270. The monoisotopic (exact) mass is 573 g/mol. The third-order valence-electron chi connectivity index (χ3n) is 4.77. The van der Waals surface area contributed by atoms with Crippen molar-refractivity contribution < 1.29 is 27.6 Å². The Morgan fingerprint density at radius 3 is 2.38 bits per heavy atom. The minimum atomic E-state index is -4.55. The summed E-state index contributed by atoms with van der Waals surface area (Å²) in [6, 6.07) is 10.5. The van der Waals surface area contributed by atoms with E-state index in [1.165, 1.54) is 0 Å². The molecule has 3 rings (SSSR count). The molecule has 37 heavy (non-hydrogen) atoms. The van der Waals surface area contributed by atoms with Gasteiger partial charge >= 0.3 is 6.18 Å². The van der Waals surface area contributed by atoms with E-state index in [2.05, 4.69) is 26.5 Å². The van der Waals surface area contributed by atoms with E-state index < -0.39 is 23.6 Å². The van der Waals surface area contributed by atoms with Crippen LogP contribution in [0.5, 0.6) is 0 Å². The lowest BCUT2D eigenvalue weighted by atomic mass is 10.2. The summed E-state index contributed by atoms with van der Waals surface area (Å²) in [5, 5.41) is 5.84. The van der Waals surface area contributed by atoms with Gasteiger partial charge in [0.1, 0.15) is 5.82 Å². The van der Waals surface area contributed by atoms with Crippen LogP contribution in [0.15, 0.2) is 48.7 Å². The Morgan fingerprint density at radius 1 is 0.973 bits per heavy atom. The Labute approximate surface area is 223 Å². The maximum absolute atomic E-state index is 12.7. The molecule has 0 spiro atoms. The molecule has 0 unspecified atom stereocenters. The molecule has 0 aliphatic carbocycles. The van der Waals surface area contributed by atoms with Crippen LogP contribution < -0.4 is 21.5 Å². The van der Waals surface area contributed by atoms with Crippen molar-refractivity contribution in [2.75, 3.05) is 11.9 Å². The Balaban J connectivity index is 1.36. The van der Waals surface area contributed by atoms with Crippen molar-refractivity contribution in [3.05, 3.63) is 79.6 Å². The minimum Gasteiger partial charge on any atom is -0.369 e. The highest BCUT2D eigenvalue weighted by atomic mass is 35.5. The first-order chi connectivity index (χ1) is 17.5. The van der Waals surface area contributed by atoms with Crippen molar-refractivity contribution in [3.8, 4) is 0 Å². The molecule has 14 heteroatoms. The molecule has 0 saturated heterocycles. The number of carbonyl (C=O) groups is 3. The zero-order chi connectivity index (χ0) is 27.0. The molecule has 0 aliphatic rings. The Hall–Kier alpha value is -3.35. The molecule has 3 amide bonds. The molecule has 3 aromatic rings. The smallest absolute Gasteiger partial charge is 0.369 e. The number of halogens is 5. The number of thiophene rings is 1. The van der Waals surface area contributed by atoms with Crippen molar-refractivity contribution in [2.24, 2.45) is 0 Å². The average molecular weight is 574 g/mol. The molecule has 0 atom stereocenters. The summed E-state index contributed by atoms with van der Waals surface area (Å²) in [6.45, 7) is 0.437. The highest BCUT2D eigenvalue weighted by molar-refractivity contribution is 7.14. The maximum Gasteiger partial charge on any atom is 0.417 e. The predicted octanol–water partition coefficient (Wildman–Crippen LogP) is 5.05. The van der Waals surface area contributed by atoms with Gasteiger partial charge in [-0.15, -0.1) is 11.3 Å². The predicted molar refractivity (Wildman–Crippen MR) is 135 cm³/mol. The van der Waals surface area contributed by atoms with Gasteiger partial charge in [-0.25, -0.2) is 4.98 Å². The summed E-state index contributed by atoms with van der Waals surface area (Å²) in [7, 11) is 0. The van der Waals surface area contributed by atoms with Crippen LogP contribution in [0.25, 0.3) is 0 Å². The third kappa shape index (κ3) is 8.62. The summed E-state index contributed by atoms with van der Waals surface area (Å²) in [6.07, 6.45) is -3.55. The first-order valence-electron chi connectivity index (χ1n) is 10.7. The van der Waals surface area contributed by atoms with Gasteiger partial charge in [-0.2, -0.15) is 13.2 Å². The summed E-state index contributed by atoms with van der Waals surface area (Å²) < 4.78 is 38.0.